The lowest BCUT2D eigenvalue weighted by atomic mass is 9.80. The zero-order chi connectivity index (χ0) is 22.5. The number of hydrogen-bond acceptors (Lipinski definition) is 2. The zero-order valence-corrected chi connectivity index (χ0v) is 18.5. The van der Waals surface area contributed by atoms with Crippen molar-refractivity contribution >= 4 is 0 Å². The highest BCUT2D eigenvalue weighted by atomic mass is 19.1. The molecule has 5 rings (SSSR count). The van der Waals surface area contributed by atoms with Crippen molar-refractivity contribution < 1.29 is 17.9 Å². The van der Waals surface area contributed by atoms with Crippen LogP contribution in [0, 0.1) is 34.7 Å². The molecule has 0 bridgehead atoms. The van der Waals surface area contributed by atoms with E-state index in [1.165, 1.54) is 25.0 Å². The van der Waals surface area contributed by atoms with E-state index in [1.54, 1.807) is 18.2 Å². The molecule has 2 saturated carbocycles. The van der Waals surface area contributed by atoms with Gasteiger partial charge in [-0.15, -0.1) is 0 Å². The minimum atomic E-state index is -0.708. The van der Waals surface area contributed by atoms with E-state index in [-0.39, 0.29) is 34.5 Å². The number of hydrogen-bond donors (Lipinski definition) is 1. The Balaban J connectivity index is 1.48. The summed E-state index contributed by atoms with van der Waals surface area (Å²) < 4.78 is 48.9. The van der Waals surface area contributed by atoms with Gasteiger partial charge in [-0.3, -0.25) is 0 Å². The molecule has 2 aromatic rings. The van der Waals surface area contributed by atoms with E-state index < -0.39 is 17.5 Å². The van der Waals surface area contributed by atoms with Crippen LogP contribution in [0.5, 0.6) is 0 Å². The van der Waals surface area contributed by atoms with Gasteiger partial charge in [0, 0.05) is 24.1 Å². The number of rotatable bonds is 7. The maximum absolute atomic E-state index is 15.6. The summed E-state index contributed by atoms with van der Waals surface area (Å²) in [6, 6.07) is 8.64. The molecular formula is C27H30F3NO. The summed E-state index contributed by atoms with van der Waals surface area (Å²) in [4.78, 5) is 0. The van der Waals surface area contributed by atoms with Crippen LogP contribution in [-0.2, 0) is 11.2 Å². The summed E-state index contributed by atoms with van der Waals surface area (Å²) in [5.74, 6) is -1.32. The summed E-state index contributed by atoms with van der Waals surface area (Å²) >= 11 is 0. The van der Waals surface area contributed by atoms with E-state index in [0.29, 0.717) is 18.0 Å². The molecule has 2 aliphatic carbocycles. The summed E-state index contributed by atoms with van der Waals surface area (Å²) in [7, 11) is 0. The average molecular weight is 442 g/mol. The molecule has 0 radical (unpaired) electrons. The van der Waals surface area contributed by atoms with Gasteiger partial charge < -0.3 is 10.1 Å². The fraction of sp³-hybridized carbons (Fsp3) is 0.481. The Bertz CT molecular complexity index is 1010. The topological polar surface area (TPSA) is 21.3 Å². The first-order chi connectivity index (χ1) is 15.4. The summed E-state index contributed by atoms with van der Waals surface area (Å²) in [5.41, 5.74) is 2.47. The van der Waals surface area contributed by atoms with Gasteiger partial charge in [-0.25, -0.2) is 13.2 Å². The Morgan fingerprint density at radius 2 is 1.88 bits per heavy atom. The monoisotopic (exact) mass is 441 g/mol. The molecule has 1 unspecified atom stereocenters. The van der Waals surface area contributed by atoms with Crippen LogP contribution in [0.15, 0.2) is 48.6 Å². The SMILES string of the molecule is C=C(C1CC2(CC2)[C@H](NCC)[C@@H]1Cc1cccc(-c2cc(F)cc(F)c2)c1F)[C@H]1CCO1. The first-order valence-electron chi connectivity index (χ1n) is 11.7. The fourth-order valence-electron chi connectivity index (χ4n) is 6.02. The molecule has 0 aromatic heterocycles. The van der Waals surface area contributed by atoms with Gasteiger partial charge in [0.2, 0.25) is 0 Å². The maximum atomic E-state index is 15.6. The van der Waals surface area contributed by atoms with Crippen molar-refractivity contribution in [2.75, 3.05) is 13.2 Å². The molecule has 1 spiro atoms. The minimum Gasteiger partial charge on any atom is -0.374 e. The minimum absolute atomic E-state index is 0.116. The smallest absolute Gasteiger partial charge is 0.134 e. The molecule has 3 aliphatic rings. The molecule has 1 N–H and O–H groups in total. The van der Waals surface area contributed by atoms with Gasteiger partial charge in [0.05, 0.1) is 12.7 Å². The lowest BCUT2D eigenvalue weighted by Crippen LogP contribution is -2.41. The standard InChI is InChI=1S/C27H30F3NO/c1-3-31-26-22(23(15-27(26)8-9-27)16(2)24-7-10-32-24)13-17-5-4-6-21(25(17)30)18-11-19(28)14-20(29)12-18/h4-6,11-12,14,22-24,26,31H,2-3,7-10,13,15H2,1H3/t22-,23?,24-,26-/m1/s1. The summed E-state index contributed by atoms with van der Waals surface area (Å²) in [6.45, 7) is 8.18. The van der Waals surface area contributed by atoms with Crippen molar-refractivity contribution in [2.45, 2.75) is 51.2 Å². The van der Waals surface area contributed by atoms with Crippen LogP contribution in [0.2, 0.25) is 0 Å². The molecule has 3 fully saturated rings. The van der Waals surface area contributed by atoms with Crippen LogP contribution in [0.1, 0.15) is 38.2 Å². The number of halogens is 3. The highest BCUT2D eigenvalue weighted by Crippen LogP contribution is 2.63. The molecule has 170 valence electrons. The van der Waals surface area contributed by atoms with Crippen molar-refractivity contribution in [1.29, 1.82) is 0 Å². The number of nitrogens with one attached hydrogen (secondary N) is 1. The lowest BCUT2D eigenvalue weighted by Gasteiger charge is -2.35. The van der Waals surface area contributed by atoms with E-state index in [2.05, 4.69) is 18.8 Å². The fourth-order valence-corrected chi connectivity index (χ4v) is 6.02. The number of benzene rings is 2. The van der Waals surface area contributed by atoms with Crippen molar-refractivity contribution in [1.82, 2.24) is 5.32 Å². The van der Waals surface area contributed by atoms with Crippen molar-refractivity contribution in [3.05, 3.63) is 71.6 Å². The van der Waals surface area contributed by atoms with Gasteiger partial charge in [-0.05, 0) is 78.3 Å². The normalized spacial score (nSPS) is 28.0. The van der Waals surface area contributed by atoms with Gasteiger partial charge in [-0.2, -0.15) is 0 Å². The van der Waals surface area contributed by atoms with E-state index in [0.717, 1.165) is 37.6 Å². The molecule has 4 atom stereocenters. The Morgan fingerprint density at radius 1 is 1.16 bits per heavy atom. The van der Waals surface area contributed by atoms with Crippen LogP contribution >= 0.6 is 0 Å². The van der Waals surface area contributed by atoms with Crippen LogP contribution in [0.3, 0.4) is 0 Å². The van der Waals surface area contributed by atoms with E-state index in [1.807, 2.05) is 0 Å². The highest BCUT2D eigenvalue weighted by molar-refractivity contribution is 5.65. The van der Waals surface area contributed by atoms with Gasteiger partial charge in [-0.1, -0.05) is 31.7 Å². The second-order valence-corrected chi connectivity index (χ2v) is 9.74. The molecule has 0 amide bonds. The molecule has 1 saturated heterocycles. The second kappa shape index (κ2) is 8.35. The van der Waals surface area contributed by atoms with Crippen molar-refractivity contribution in [2.24, 2.45) is 17.3 Å². The Labute approximate surface area is 187 Å². The predicted octanol–water partition coefficient (Wildman–Crippen LogP) is 6.05. The molecule has 2 nitrogen and oxygen atoms in total. The van der Waals surface area contributed by atoms with Gasteiger partial charge in [0.1, 0.15) is 17.5 Å². The first kappa shape index (κ1) is 21.7. The molecular weight excluding hydrogens is 411 g/mol. The largest absolute Gasteiger partial charge is 0.374 e. The Hall–Kier alpha value is -2.11. The quantitative estimate of drug-likeness (QED) is 0.528. The van der Waals surface area contributed by atoms with Crippen molar-refractivity contribution in [3.8, 4) is 11.1 Å². The van der Waals surface area contributed by atoms with Gasteiger partial charge in [0.15, 0.2) is 0 Å². The third-order valence-electron chi connectivity index (χ3n) is 7.84. The van der Waals surface area contributed by atoms with E-state index in [9.17, 15) is 8.78 Å². The van der Waals surface area contributed by atoms with Gasteiger partial charge in [0.25, 0.3) is 0 Å². The van der Waals surface area contributed by atoms with Gasteiger partial charge >= 0.3 is 0 Å². The lowest BCUT2D eigenvalue weighted by molar-refractivity contribution is -0.0329. The predicted molar refractivity (Wildman–Crippen MR) is 120 cm³/mol. The molecule has 1 heterocycles. The molecule has 2 aromatic carbocycles. The number of ether oxygens (including phenoxy) is 1. The molecule has 32 heavy (non-hydrogen) atoms. The van der Waals surface area contributed by atoms with E-state index >= 15 is 4.39 Å². The third kappa shape index (κ3) is 3.80. The zero-order valence-electron chi connectivity index (χ0n) is 18.5. The van der Waals surface area contributed by atoms with E-state index in [4.69, 9.17) is 4.74 Å². The Morgan fingerprint density at radius 3 is 2.47 bits per heavy atom. The second-order valence-electron chi connectivity index (χ2n) is 9.74. The van der Waals surface area contributed by atoms with Crippen LogP contribution in [0.4, 0.5) is 13.2 Å². The molecule has 5 heteroatoms. The Kier molecular flexibility index (Phi) is 5.67. The van der Waals surface area contributed by atoms with Crippen LogP contribution < -0.4 is 5.32 Å². The van der Waals surface area contributed by atoms with Crippen molar-refractivity contribution in [3.63, 3.8) is 0 Å². The maximum Gasteiger partial charge on any atom is 0.134 e. The summed E-state index contributed by atoms with van der Waals surface area (Å²) in [6.07, 6.45) is 5.15. The van der Waals surface area contributed by atoms with Crippen LogP contribution in [-0.4, -0.2) is 25.3 Å². The third-order valence-corrected chi connectivity index (χ3v) is 7.84. The first-order valence-corrected chi connectivity index (χ1v) is 11.7. The molecule has 1 aliphatic heterocycles. The highest BCUT2D eigenvalue weighted by Gasteiger charge is 2.60. The van der Waals surface area contributed by atoms with Crippen LogP contribution in [0.25, 0.3) is 11.1 Å². The summed E-state index contributed by atoms with van der Waals surface area (Å²) in [5, 5.41) is 3.70. The average Bonchev–Trinajstić information content (AvgIpc) is 3.42.